The lowest BCUT2D eigenvalue weighted by Gasteiger charge is -1.78. The van der Waals surface area contributed by atoms with Crippen molar-refractivity contribution in [1.82, 2.24) is 5.16 Å². The van der Waals surface area contributed by atoms with Gasteiger partial charge >= 0.3 is 0 Å². The first-order valence-electron chi connectivity index (χ1n) is 3.76. The van der Waals surface area contributed by atoms with Crippen LogP contribution in [0.25, 0.3) is 11.0 Å². The summed E-state index contributed by atoms with van der Waals surface area (Å²) in [6, 6.07) is 7.74. The predicted octanol–water partition coefficient (Wildman–Crippen LogP) is 2.85. The first-order chi connectivity index (χ1) is 5.47. The van der Waals surface area contributed by atoms with E-state index in [1.165, 1.54) is 0 Å². The van der Waals surface area contributed by atoms with Gasteiger partial charge in [-0.25, -0.2) is 0 Å². The van der Waals surface area contributed by atoms with Gasteiger partial charge in [0.05, 0.1) is 6.20 Å². The normalized spacial score (nSPS) is 8.91. The minimum atomic E-state index is 0.845. The summed E-state index contributed by atoms with van der Waals surface area (Å²) in [5.74, 6) is 0. The van der Waals surface area contributed by atoms with Crippen LogP contribution in [0.2, 0.25) is 0 Å². The predicted molar refractivity (Wildman–Crippen MR) is 45.4 cm³/mol. The lowest BCUT2D eigenvalue weighted by molar-refractivity contribution is 0.456. The number of nitrogens with zero attached hydrogens (tertiary/aromatic N) is 1. The Kier molecular flexibility index (Phi) is 2.66. The SMILES string of the molecule is CC.c1ccc2oncc2c1. The molecule has 2 nitrogen and oxygen atoms in total. The smallest absolute Gasteiger partial charge is 0.166 e. The first kappa shape index (κ1) is 7.79. The van der Waals surface area contributed by atoms with Crippen LogP contribution in [0.5, 0.6) is 0 Å². The number of benzene rings is 1. The van der Waals surface area contributed by atoms with Crippen LogP contribution in [0.3, 0.4) is 0 Å². The highest BCUT2D eigenvalue weighted by atomic mass is 16.5. The highest BCUT2D eigenvalue weighted by molar-refractivity contribution is 5.75. The van der Waals surface area contributed by atoms with E-state index < -0.39 is 0 Å². The molecule has 0 aliphatic heterocycles. The number of hydrogen-bond acceptors (Lipinski definition) is 2. The Bertz CT molecular complexity index is 284. The van der Waals surface area contributed by atoms with E-state index >= 15 is 0 Å². The number of fused-ring (bicyclic) bond motifs is 1. The zero-order chi connectivity index (χ0) is 8.10. The van der Waals surface area contributed by atoms with Gasteiger partial charge in [0.2, 0.25) is 0 Å². The van der Waals surface area contributed by atoms with Gasteiger partial charge in [-0.3, -0.25) is 0 Å². The van der Waals surface area contributed by atoms with E-state index in [9.17, 15) is 0 Å². The van der Waals surface area contributed by atoms with Gasteiger partial charge in [-0.05, 0) is 12.1 Å². The van der Waals surface area contributed by atoms with Gasteiger partial charge in [0.1, 0.15) is 0 Å². The van der Waals surface area contributed by atoms with E-state index in [0.717, 1.165) is 11.0 Å². The molecule has 0 atom stereocenters. The summed E-state index contributed by atoms with van der Waals surface area (Å²) in [4.78, 5) is 0. The van der Waals surface area contributed by atoms with Crippen molar-refractivity contribution in [3.05, 3.63) is 30.5 Å². The molecule has 2 aromatic rings. The summed E-state index contributed by atoms with van der Waals surface area (Å²) in [6.07, 6.45) is 1.70. The minimum Gasteiger partial charge on any atom is -0.356 e. The quantitative estimate of drug-likeness (QED) is 0.575. The summed E-state index contributed by atoms with van der Waals surface area (Å²) >= 11 is 0. The Hall–Kier alpha value is -1.31. The molecule has 0 saturated heterocycles. The third-order valence-electron chi connectivity index (χ3n) is 1.26. The lowest BCUT2D eigenvalue weighted by atomic mass is 10.3. The molecular weight excluding hydrogens is 138 g/mol. The third kappa shape index (κ3) is 1.58. The zero-order valence-corrected chi connectivity index (χ0v) is 6.74. The Labute approximate surface area is 65.8 Å². The Morgan fingerprint density at radius 2 is 1.91 bits per heavy atom. The fraction of sp³-hybridized carbons (Fsp3) is 0.222. The molecule has 58 valence electrons. The lowest BCUT2D eigenvalue weighted by Crippen LogP contribution is -1.57. The van der Waals surface area contributed by atoms with Crippen molar-refractivity contribution in [2.45, 2.75) is 13.8 Å². The maximum Gasteiger partial charge on any atom is 0.166 e. The maximum atomic E-state index is 4.87. The van der Waals surface area contributed by atoms with Crippen LogP contribution in [0.4, 0.5) is 0 Å². The molecule has 0 aliphatic carbocycles. The third-order valence-corrected chi connectivity index (χ3v) is 1.26. The van der Waals surface area contributed by atoms with Gasteiger partial charge in [0, 0.05) is 5.39 Å². The van der Waals surface area contributed by atoms with Crippen LogP contribution >= 0.6 is 0 Å². The number of aromatic nitrogens is 1. The van der Waals surface area contributed by atoms with Crippen LogP contribution in [-0.2, 0) is 0 Å². The van der Waals surface area contributed by atoms with Crippen molar-refractivity contribution in [2.24, 2.45) is 0 Å². The van der Waals surface area contributed by atoms with Crippen molar-refractivity contribution in [3.8, 4) is 0 Å². The molecule has 0 N–H and O–H groups in total. The Morgan fingerprint density at radius 3 is 2.64 bits per heavy atom. The summed E-state index contributed by atoms with van der Waals surface area (Å²) < 4.78 is 4.87. The molecule has 0 bridgehead atoms. The van der Waals surface area contributed by atoms with Gasteiger partial charge < -0.3 is 4.52 Å². The van der Waals surface area contributed by atoms with Crippen LogP contribution in [0.15, 0.2) is 35.0 Å². The van der Waals surface area contributed by atoms with Crippen LogP contribution in [-0.4, -0.2) is 5.16 Å². The van der Waals surface area contributed by atoms with Crippen molar-refractivity contribution in [1.29, 1.82) is 0 Å². The van der Waals surface area contributed by atoms with E-state index in [2.05, 4.69) is 5.16 Å². The second-order valence-electron chi connectivity index (χ2n) is 1.86. The van der Waals surface area contributed by atoms with E-state index in [1.807, 2.05) is 38.1 Å². The number of rotatable bonds is 0. The van der Waals surface area contributed by atoms with Gasteiger partial charge in [-0.2, -0.15) is 0 Å². The van der Waals surface area contributed by atoms with E-state index in [0.29, 0.717) is 0 Å². The monoisotopic (exact) mass is 149 g/mol. The summed E-state index contributed by atoms with van der Waals surface area (Å²) in [5.41, 5.74) is 0.845. The van der Waals surface area contributed by atoms with Crippen molar-refractivity contribution >= 4 is 11.0 Å². The minimum absolute atomic E-state index is 0.845. The molecule has 0 amide bonds. The molecule has 0 fully saturated rings. The average molecular weight is 149 g/mol. The Balaban J connectivity index is 0.000000281. The topological polar surface area (TPSA) is 26.0 Å². The van der Waals surface area contributed by atoms with E-state index in [1.54, 1.807) is 6.20 Å². The zero-order valence-electron chi connectivity index (χ0n) is 6.74. The largest absolute Gasteiger partial charge is 0.356 e. The van der Waals surface area contributed by atoms with Crippen molar-refractivity contribution in [2.75, 3.05) is 0 Å². The van der Waals surface area contributed by atoms with E-state index in [4.69, 9.17) is 4.52 Å². The molecule has 1 heterocycles. The van der Waals surface area contributed by atoms with Crippen molar-refractivity contribution < 1.29 is 4.52 Å². The molecule has 0 spiro atoms. The number of hydrogen-bond donors (Lipinski definition) is 0. The van der Waals surface area contributed by atoms with Crippen LogP contribution < -0.4 is 0 Å². The second kappa shape index (κ2) is 3.76. The molecule has 0 radical (unpaired) electrons. The highest BCUT2D eigenvalue weighted by Gasteiger charge is 1.91. The van der Waals surface area contributed by atoms with E-state index in [-0.39, 0.29) is 0 Å². The van der Waals surface area contributed by atoms with Gasteiger partial charge in [-0.15, -0.1) is 0 Å². The summed E-state index contributed by atoms with van der Waals surface area (Å²) in [6.45, 7) is 4.00. The average Bonchev–Trinajstić information content (AvgIpc) is 2.55. The van der Waals surface area contributed by atoms with Crippen molar-refractivity contribution in [3.63, 3.8) is 0 Å². The summed E-state index contributed by atoms with van der Waals surface area (Å²) in [7, 11) is 0. The fourth-order valence-corrected chi connectivity index (χ4v) is 0.810. The van der Waals surface area contributed by atoms with Gasteiger partial charge in [0.25, 0.3) is 0 Å². The Morgan fingerprint density at radius 1 is 1.18 bits per heavy atom. The molecular formula is C9H11NO. The van der Waals surface area contributed by atoms with Gasteiger partial charge in [0.15, 0.2) is 5.58 Å². The fourth-order valence-electron chi connectivity index (χ4n) is 0.810. The molecule has 0 aliphatic rings. The highest BCUT2D eigenvalue weighted by Crippen LogP contribution is 2.10. The molecule has 2 heteroatoms. The molecule has 0 unspecified atom stereocenters. The molecule has 2 rings (SSSR count). The molecule has 1 aromatic heterocycles. The van der Waals surface area contributed by atoms with Gasteiger partial charge in [-0.1, -0.05) is 31.1 Å². The second-order valence-corrected chi connectivity index (χ2v) is 1.86. The van der Waals surface area contributed by atoms with Crippen LogP contribution in [0.1, 0.15) is 13.8 Å². The first-order valence-corrected chi connectivity index (χ1v) is 3.76. The van der Waals surface area contributed by atoms with Crippen LogP contribution in [0, 0.1) is 0 Å². The molecule has 11 heavy (non-hydrogen) atoms. The standard InChI is InChI=1S/C7H5NO.C2H6/c1-2-4-7-6(3-1)5-8-9-7;1-2/h1-5H;1-2H3. The molecule has 0 saturated carbocycles. The number of para-hydroxylation sites is 1. The molecule has 1 aromatic carbocycles. The maximum absolute atomic E-state index is 4.87. The summed E-state index contributed by atoms with van der Waals surface area (Å²) in [5, 5.41) is 4.68.